The lowest BCUT2D eigenvalue weighted by atomic mass is 9.80. The molecule has 224 valence electrons. The average Bonchev–Trinajstić information content (AvgIpc) is 2.94. The minimum absolute atomic E-state index is 0.0301. The van der Waals surface area contributed by atoms with Crippen LogP contribution in [0, 0.1) is 5.82 Å². The number of amides is 1. The van der Waals surface area contributed by atoms with E-state index in [4.69, 9.17) is 4.74 Å². The van der Waals surface area contributed by atoms with Crippen LogP contribution in [-0.2, 0) is 11.3 Å². The van der Waals surface area contributed by atoms with Crippen molar-refractivity contribution in [3.8, 4) is 0 Å². The number of benzene rings is 3. The van der Waals surface area contributed by atoms with Crippen molar-refractivity contribution in [3.63, 3.8) is 0 Å². The second kappa shape index (κ2) is 11.1. The van der Waals surface area contributed by atoms with Gasteiger partial charge in [-0.05, 0) is 75.6 Å². The Hall–Kier alpha value is -4.24. The number of hydrogen-bond acceptors (Lipinski definition) is 6. The predicted molar refractivity (Wildman–Crippen MR) is 166 cm³/mol. The first-order chi connectivity index (χ1) is 20.5. The van der Waals surface area contributed by atoms with E-state index in [1.54, 1.807) is 18.2 Å². The Morgan fingerprint density at radius 3 is 2.28 bits per heavy atom. The Bertz CT molecular complexity index is 1680. The number of ether oxygens (including phenoxy) is 1. The normalized spacial score (nSPS) is 22.3. The minimum Gasteiger partial charge on any atom is -0.444 e. The fourth-order valence-corrected chi connectivity index (χ4v) is 6.62. The number of carbonyl (C=O) groups excluding carboxylic acids is 1. The van der Waals surface area contributed by atoms with Crippen LogP contribution in [0.4, 0.5) is 14.9 Å². The van der Waals surface area contributed by atoms with Gasteiger partial charge in [0.05, 0.1) is 23.0 Å². The maximum absolute atomic E-state index is 13.9. The molecule has 3 aromatic carbocycles. The van der Waals surface area contributed by atoms with Crippen LogP contribution in [0.25, 0.3) is 10.8 Å². The first-order valence-electron chi connectivity index (χ1n) is 14.8. The van der Waals surface area contributed by atoms with Crippen molar-refractivity contribution < 1.29 is 13.9 Å². The molecule has 4 aromatic rings. The molecule has 4 atom stereocenters. The molecule has 0 spiro atoms. The maximum atomic E-state index is 13.9. The van der Waals surface area contributed by atoms with E-state index >= 15 is 0 Å². The fraction of sp³-hybridized carbons (Fsp3) is 0.382. The number of nitrogens with zero attached hydrogens (tertiary/aromatic N) is 3. The van der Waals surface area contributed by atoms with Crippen molar-refractivity contribution in [1.29, 1.82) is 0 Å². The van der Waals surface area contributed by atoms with Gasteiger partial charge in [-0.3, -0.25) is 9.69 Å². The second-order valence-electron chi connectivity index (χ2n) is 12.8. The zero-order valence-electron chi connectivity index (χ0n) is 25.2. The lowest BCUT2D eigenvalue weighted by molar-refractivity contribution is -0.0162. The van der Waals surface area contributed by atoms with Gasteiger partial charge in [0.1, 0.15) is 11.4 Å². The first-order valence-corrected chi connectivity index (χ1v) is 14.8. The fourth-order valence-electron chi connectivity index (χ4n) is 6.62. The minimum atomic E-state index is -0.528. The summed E-state index contributed by atoms with van der Waals surface area (Å²) in [5.41, 5.74) is 3.99. The Balaban J connectivity index is 1.25. The summed E-state index contributed by atoms with van der Waals surface area (Å²) in [7, 11) is 0. The predicted octanol–water partition coefficient (Wildman–Crippen LogP) is 6.19. The Kier molecular flexibility index (Phi) is 7.46. The molecule has 1 saturated heterocycles. The highest BCUT2D eigenvalue weighted by Crippen LogP contribution is 2.46. The molecule has 2 aliphatic heterocycles. The number of H-pyrrole nitrogens is 1. The van der Waals surface area contributed by atoms with E-state index in [-0.39, 0.29) is 41.5 Å². The van der Waals surface area contributed by atoms with E-state index < -0.39 is 5.60 Å². The van der Waals surface area contributed by atoms with Gasteiger partial charge in [-0.2, -0.15) is 5.10 Å². The number of rotatable bonds is 4. The van der Waals surface area contributed by atoms with E-state index in [1.807, 2.05) is 37.8 Å². The molecule has 1 amide bonds. The number of carbonyl (C=O) groups is 1. The number of nitrogens with one attached hydrogen (secondary N) is 2. The third-order valence-corrected chi connectivity index (χ3v) is 8.36. The van der Waals surface area contributed by atoms with E-state index in [0.29, 0.717) is 5.39 Å². The van der Waals surface area contributed by atoms with Crippen molar-refractivity contribution >= 4 is 22.6 Å². The van der Waals surface area contributed by atoms with Gasteiger partial charge in [-0.25, -0.2) is 14.3 Å². The van der Waals surface area contributed by atoms with Crippen molar-refractivity contribution in [1.82, 2.24) is 20.0 Å². The third kappa shape index (κ3) is 5.73. The molecule has 1 aromatic heterocycles. The van der Waals surface area contributed by atoms with E-state index in [1.165, 1.54) is 17.7 Å². The monoisotopic (exact) mass is 583 g/mol. The van der Waals surface area contributed by atoms with Crippen LogP contribution < -0.4 is 10.9 Å². The van der Waals surface area contributed by atoms with E-state index in [9.17, 15) is 14.0 Å². The lowest BCUT2D eigenvalue weighted by Gasteiger charge is -2.44. The van der Waals surface area contributed by atoms with Gasteiger partial charge >= 0.3 is 6.09 Å². The van der Waals surface area contributed by atoms with Crippen LogP contribution in [-0.4, -0.2) is 56.9 Å². The summed E-state index contributed by atoms with van der Waals surface area (Å²) in [5, 5.41) is 12.2. The van der Waals surface area contributed by atoms with Gasteiger partial charge in [0.2, 0.25) is 0 Å². The summed E-state index contributed by atoms with van der Waals surface area (Å²) < 4.78 is 19.6. The molecule has 9 heteroatoms. The van der Waals surface area contributed by atoms with Crippen LogP contribution in [0.1, 0.15) is 69.0 Å². The second-order valence-corrected chi connectivity index (χ2v) is 12.8. The Morgan fingerprint density at radius 2 is 1.63 bits per heavy atom. The zero-order chi connectivity index (χ0) is 30.5. The van der Waals surface area contributed by atoms with Crippen LogP contribution in [0.2, 0.25) is 0 Å². The molecule has 3 heterocycles. The zero-order valence-corrected chi connectivity index (χ0v) is 25.2. The molecule has 2 N–H and O–H groups in total. The van der Waals surface area contributed by atoms with Gasteiger partial charge < -0.3 is 15.0 Å². The maximum Gasteiger partial charge on any atom is 0.410 e. The molecule has 4 unspecified atom stereocenters. The molecular weight excluding hydrogens is 545 g/mol. The van der Waals surface area contributed by atoms with Crippen LogP contribution in [0.15, 0.2) is 71.5 Å². The quantitative estimate of drug-likeness (QED) is 0.298. The lowest BCUT2D eigenvalue weighted by Crippen LogP contribution is -2.59. The highest BCUT2D eigenvalue weighted by Gasteiger charge is 2.37. The summed E-state index contributed by atoms with van der Waals surface area (Å²) >= 11 is 0. The summed E-state index contributed by atoms with van der Waals surface area (Å²) in [5.74, 6) is -0.549. The molecule has 0 radical (unpaired) electrons. The van der Waals surface area contributed by atoms with Gasteiger partial charge in [-0.1, -0.05) is 42.5 Å². The van der Waals surface area contributed by atoms with Gasteiger partial charge in [-0.15, -0.1) is 0 Å². The topological polar surface area (TPSA) is 90.6 Å². The van der Waals surface area contributed by atoms with Crippen molar-refractivity contribution in [2.24, 2.45) is 0 Å². The first kappa shape index (κ1) is 28.9. The van der Waals surface area contributed by atoms with E-state index in [2.05, 4.69) is 58.5 Å². The average molecular weight is 584 g/mol. The molecular formula is C34H38FN5O3. The Morgan fingerprint density at radius 1 is 0.977 bits per heavy atom. The highest BCUT2D eigenvalue weighted by molar-refractivity contribution is 5.97. The molecule has 6 rings (SSSR count). The van der Waals surface area contributed by atoms with Crippen LogP contribution in [0.3, 0.4) is 0 Å². The molecule has 8 nitrogen and oxygen atoms in total. The smallest absolute Gasteiger partial charge is 0.410 e. The largest absolute Gasteiger partial charge is 0.444 e. The molecule has 43 heavy (non-hydrogen) atoms. The van der Waals surface area contributed by atoms with Crippen LogP contribution >= 0.6 is 0 Å². The Labute approximate surface area is 250 Å². The number of hydrogen-bond donors (Lipinski definition) is 2. The highest BCUT2D eigenvalue weighted by atomic mass is 19.1. The molecule has 0 aliphatic carbocycles. The van der Waals surface area contributed by atoms with Crippen LogP contribution in [0.5, 0.6) is 0 Å². The number of aromatic nitrogens is 2. The number of halogens is 1. The van der Waals surface area contributed by atoms with E-state index in [0.717, 1.165) is 47.5 Å². The SMILES string of the molecule is CC1CN(Cc2ccc(C3Nc4cccc5c(=O)[nH]nc(c45)C3c3ccc(F)cc3)cc2)CC(C)N1C(=O)OC(C)(C)C. The van der Waals surface area contributed by atoms with Gasteiger partial charge in [0, 0.05) is 42.8 Å². The standard InChI is InChI=1S/C34H38FN5O3/c1-20-17-39(18-21(2)40(20)33(42)43-34(3,4)5)19-22-9-11-24(12-10-22)30-28(23-13-15-25(35)16-14-23)31-29-26(32(41)38-37-31)7-6-8-27(29)36-30/h6-16,20-21,28,30,36H,17-19H2,1-5H3,(H,38,41). The van der Waals surface area contributed by atoms with Gasteiger partial charge in [0.15, 0.2) is 0 Å². The number of piperazine rings is 1. The molecule has 0 saturated carbocycles. The molecule has 2 aliphatic rings. The summed E-state index contributed by atoms with van der Waals surface area (Å²) in [6.07, 6.45) is -0.261. The summed E-state index contributed by atoms with van der Waals surface area (Å²) in [6.45, 7) is 12.1. The van der Waals surface area contributed by atoms with Gasteiger partial charge in [0.25, 0.3) is 5.56 Å². The number of anilines is 1. The number of aromatic amines is 1. The van der Waals surface area contributed by atoms with Crippen molar-refractivity contribution in [2.75, 3.05) is 18.4 Å². The third-order valence-electron chi connectivity index (χ3n) is 8.36. The van der Waals surface area contributed by atoms with Crippen molar-refractivity contribution in [3.05, 3.63) is 105 Å². The summed E-state index contributed by atoms with van der Waals surface area (Å²) in [4.78, 5) is 29.6. The molecule has 1 fully saturated rings. The summed E-state index contributed by atoms with van der Waals surface area (Å²) in [6, 6.07) is 20.6. The van der Waals surface area contributed by atoms with Crippen molar-refractivity contribution in [2.45, 2.75) is 70.8 Å². The molecule has 0 bridgehead atoms.